The van der Waals surface area contributed by atoms with Gasteiger partial charge in [-0.15, -0.1) is 23.1 Å². The van der Waals surface area contributed by atoms with E-state index in [2.05, 4.69) is 15.5 Å². The molecular formula is C19H22N5NaO6S3. The third-order valence-electron chi connectivity index (χ3n) is 5.23. The van der Waals surface area contributed by atoms with Crippen LogP contribution >= 0.6 is 35.3 Å². The van der Waals surface area contributed by atoms with Crippen LogP contribution < -0.4 is 45.7 Å². The van der Waals surface area contributed by atoms with Gasteiger partial charge in [0, 0.05) is 23.3 Å². The number of anilines is 1. The van der Waals surface area contributed by atoms with Crippen LogP contribution in [0.15, 0.2) is 21.8 Å². The number of amides is 2. The summed E-state index contributed by atoms with van der Waals surface area (Å²) in [4.78, 5) is 35.9. The second-order valence-electron chi connectivity index (χ2n) is 7.95. The average Bonchev–Trinajstić information content (AvgIpc) is 3.33. The van der Waals surface area contributed by atoms with E-state index in [0.717, 1.165) is 16.9 Å². The van der Waals surface area contributed by atoms with E-state index in [1.165, 1.54) is 23.8 Å². The molecule has 1 aromatic heterocycles. The van der Waals surface area contributed by atoms with Crippen molar-refractivity contribution in [2.45, 2.75) is 43.6 Å². The van der Waals surface area contributed by atoms with Crippen molar-refractivity contribution in [3.8, 4) is 0 Å². The van der Waals surface area contributed by atoms with Crippen molar-refractivity contribution in [1.29, 1.82) is 0 Å². The topological polar surface area (TPSA) is 151 Å². The minimum Gasteiger partial charge on any atom is -0.863 e. The fourth-order valence-corrected chi connectivity index (χ4v) is 6.02. The van der Waals surface area contributed by atoms with Crippen LogP contribution in [0.3, 0.4) is 0 Å². The molecule has 2 unspecified atom stereocenters. The molecule has 2 saturated heterocycles. The van der Waals surface area contributed by atoms with Crippen LogP contribution in [0.25, 0.3) is 0 Å². The van der Waals surface area contributed by atoms with Gasteiger partial charge in [0.25, 0.3) is 11.8 Å². The Morgan fingerprint density at radius 2 is 2.26 bits per heavy atom. The van der Waals surface area contributed by atoms with Crippen molar-refractivity contribution in [3.05, 3.63) is 22.3 Å². The number of thioether (sulfide) groups is 1. The number of nitrogens with one attached hydrogen (secondary N) is 1. The molecule has 3 aliphatic rings. The van der Waals surface area contributed by atoms with Crippen molar-refractivity contribution in [2.75, 3.05) is 25.2 Å². The first kappa shape index (κ1) is 27.3. The van der Waals surface area contributed by atoms with Gasteiger partial charge in [0.1, 0.15) is 24.2 Å². The first-order valence-electron chi connectivity index (χ1n) is 9.94. The molecule has 0 radical (unpaired) electrons. The number of nitrogens with two attached hydrogens (primary N) is 1. The zero-order valence-corrected chi connectivity index (χ0v) is 23.5. The van der Waals surface area contributed by atoms with Crippen LogP contribution in [-0.2, 0) is 23.9 Å². The maximum Gasteiger partial charge on any atom is 1.00 e. The average molecular weight is 536 g/mol. The Labute approximate surface area is 231 Å². The molecule has 15 heteroatoms. The number of oxime groups is 1. The maximum atomic E-state index is 13.0. The van der Waals surface area contributed by atoms with Crippen LogP contribution in [0, 0.1) is 0 Å². The third kappa shape index (κ3) is 5.43. The first-order valence-corrected chi connectivity index (χ1v) is 12.3. The Balaban J connectivity index is 0.00000324. The maximum absolute atomic E-state index is 13.0. The monoisotopic (exact) mass is 535 g/mol. The third-order valence-corrected chi connectivity index (χ3v) is 7.44. The number of thiocarbonyl (C=S) groups is 1. The Bertz CT molecular complexity index is 1060. The minimum atomic E-state index is -0.851. The number of fused-ring (bicyclic) bond motifs is 1. The standard InChI is InChI=1S/C19H23N5O6S3.Na/c1-19(2)29-5-9(30-19)4-8-6-32-16-12(15(26)24(16)13(8)17(27)31)22-14(25)11(23-28-3)10-7-33-18(20)21-10;/h7,9,12,16H,4-6H2,1-3H3,(H2,20,21)(H,22,25)(H,27,31);/q;+1/p-1/b23-11+;/t9?,12?,16-;/m1./s1. The summed E-state index contributed by atoms with van der Waals surface area (Å²) in [6.07, 6.45) is 0.194. The summed E-state index contributed by atoms with van der Waals surface area (Å²) in [5.41, 5.74) is 6.70. The largest absolute Gasteiger partial charge is 1.00 e. The number of aromatic nitrogens is 1. The molecule has 4 heterocycles. The van der Waals surface area contributed by atoms with Gasteiger partial charge in [-0.1, -0.05) is 17.4 Å². The molecular weight excluding hydrogens is 513 g/mol. The van der Waals surface area contributed by atoms with E-state index in [1.54, 1.807) is 5.38 Å². The summed E-state index contributed by atoms with van der Waals surface area (Å²) in [6, 6.07) is -0.851. The van der Waals surface area contributed by atoms with Gasteiger partial charge in [-0.25, -0.2) is 4.98 Å². The molecule has 2 amide bonds. The summed E-state index contributed by atoms with van der Waals surface area (Å²) in [7, 11) is 1.30. The zero-order valence-electron chi connectivity index (χ0n) is 19.0. The number of nitrogens with zero attached hydrogens (tertiary/aromatic N) is 3. The number of carbonyl (C=O) groups excluding carboxylic acids is 2. The van der Waals surface area contributed by atoms with Gasteiger partial charge >= 0.3 is 29.6 Å². The van der Waals surface area contributed by atoms with Gasteiger partial charge in [0.05, 0.1) is 12.7 Å². The van der Waals surface area contributed by atoms with Crippen LogP contribution in [0.1, 0.15) is 26.0 Å². The number of nitrogen functional groups attached to an aromatic ring is 1. The van der Waals surface area contributed by atoms with E-state index in [-0.39, 0.29) is 57.9 Å². The fraction of sp³-hybridized carbons (Fsp3) is 0.526. The van der Waals surface area contributed by atoms with Gasteiger partial charge in [-0.3, -0.25) is 14.5 Å². The molecule has 34 heavy (non-hydrogen) atoms. The molecule has 3 aliphatic heterocycles. The van der Waals surface area contributed by atoms with E-state index in [4.69, 9.17) is 32.3 Å². The van der Waals surface area contributed by atoms with Crippen LogP contribution in [0.5, 0.6) is 0 Å². The number of hydrogen-bond acceptors (Lipinski definition) is 12. The second kappa shape index (κ2) is 10.8. The predicted molar refractivity (Wildman–Crippen MR) is 124 cm³/mol. The van der Waals surface area contributed by atoms with E-state index in [1.807, 2.05) is 13.8 Å². The van der Waals surface area contributed by atoms with E-state index in [9.17, 15) is 14.7 Å². The smallest absolute Gasteiger partial charge is 0.863 e. The van der Waals surface area contributed by atoms with Crippen LogP contribution in [0.4, 0.5) is 5.13 Å². The van der Waals surface area contributed by atoms with Crippen molar-refractivity contribution >= 4 is 63.0 Å². The normalized spacial score (nSPS) is 25.9. The molecule has 178 valence electrons. The zero-order chi connectivity index (χ0) is 23.9. The Kier molecular flexibility index (Phi) is 8.67. The number of rotatable bonds is 7. The van der Waals surface area contributed by atoms with Gasteiger partial charge in [0.15, 0.2) is 16.6 Å². The van der Waals surface area contributed by atoms with E-state index >= 15 is 0 Å². The predicted octanol–water partition coefficient (Wildman–Crippen LogP) is -3.04. The fourth-order valence-electron chi connectivity index (χ4n) is 3.87. The molecule has 0 saturated carbocycles. The van der Waals surface area contributed by atoms with Crippen molar-refractivity contribution in [2.24, 2.45) is 5.16 Å². The summed E-state index contributed by atoms with van der Waals surface area (Å²) < 4.78 is 11.4. The molecule has 0 bridgehead atoms. The summed E-state index contributed by atoms with van der Waals surface area (Å²) in [5.74, 6) is -1.29. The summed E-state index contributed by atoms with van der Waals surface area (Å²) >= 11 is 7.52. The van der Waals surface area contributed by atoms with Gasteiger partial charge < -0.3 is 30.5 Å². The minimum absolute atomic E-state index is 0. The van der Waals surface area contributed by atoms with Gasteiger partial charge in [-0.05, 0) is 24.5 Å². The molecule has 2 fully saturated rings. The van der Waals surface area contributed by atoms with Gasteiger partial charge in [-0.2, -0.15) is 0 Å². The number of β-lactam (4-membered cyclic amide) rings is 1. The number of thiazole rings is 1. The Morgan fingerprint density at radius 1 is 1.53 bits per heavy atom. The molecule has 0 aliphatic carbocycles. The quantitative estimate of drug-likeness (QED) is 0.121. The van der Waals surface area contributed by atoms with Gasteiger partial charge in [0.2, 0.25) is 0 Å². The van der Waals surface area contributed by atoms with E-state index < -0.39 is 34.1 Å². The summed E-state index contributed by atoms with van der Waals surface area (Å²) in [6.45, 7) is 4.03. The van der Waals surface area contributed by atoms with Crippen molar-refractivity contribution < 1.29 is 58.6 Å². The second-order valence-corrected chi connectivity index (χ2v) is 10.3. The van der Waals surface area contributed by atoms with Crippen LogP contribution in [0.2, 0.25) is 0 Å². The molecule has 11 nitrogen and oxygen atoms in total. The van der Waals surface area contributed by atoms with Crippen LogP contribution in [-0.4, -0.2) is 75.2 Å². The van der Waals surface area contributed by atoms with E-state index in [0.29, 0.717) is 18.8 Å². The SMILES string of the molecule is CO/N=C(/C(=O)NC1C(=O)N2C(C([O-])=S)=C(CC3COC(C)(C)O3)CS[C@H]12)c1csc(N)n1.[Na+]. The van der Waals surface area contributed by atoms with Crippen molar-refractivity contribution in [3.63, 3.8) is 0 Å². The number of hydrogen-bond donors (Lipinski definition) is 2. The molecule has 1 aromatic rings. The number of carbonyl (C=O) groups is 2. The molecule has 4 rings (SSSR count). The Hall–Kier alpha value is -1.26. The molecule has 0 spiro atoms. The summed E-state index contributed by atoms with van der Waals surface area (Å²) in [5, 5.41) is 19.4. The molecule has 3 N–H and O–H groups in total. The van der Waals surface area contributed by atoms with Crippen molar-refractivity contribution in [1.82, 2.24) is 15.2 Å². The Morgan fingerprint density at radius 3 is 2.82 bits per heavy atom. The molecule has 0 aromatic carbocycles. The number of ether oxygens (including phenoxy) is 2. The first-order chi connectivity index (χ1) is 15.6. The molecule has 3 atom stereocenters.